The zero-order chi connectivity index (χ0) is 16.7. The molecular weight excluding hydrogens is 294 g/mol. The first-order chi connectivity index (χ1) is 11.2. The number of esters is 2. The molecule has 23 heavy (non-hydrogen) atoms. The standard InChI is InChI=1S/C18H15NO4/c1-22-17(20)15-8-6-13(7-9-15)12-23-18(21)16-5-3-2-4-14(16)10-11-19/h2-9H,10,12H2,1H3. The summed E-state index contributed by atoms with van der Waals surface area (Å²) in [7, 11) is 1.32. The number of nitriles is 1. The fourth-order valence-corrected chi connectivity index (χ4v) is 2.04. The number of carbonyl (C=O) groups is 2. The third kappa shape index (κ3) is 4.17. The SMILES string of the molecule is COC(=O)c1ccc(COC(=O)c2ccccc2CC#N)cc1. The summed E-state index contributed by atoms with van der Waals surface area (Å²) in [4.78, 5) is 23.5. The molecule has 0 atom stereocenters. The largest absolute Gasteiger partial charge is 0.465 e. The number of ether oxygens (including phenoxy) is 2. The average Bonchev–Trinajstić information content (AvgIpc) is 2.60. The Kier molecular flexibility index (Phi) is 5.48. The summed E-state index contributed by atoms with van der Waals surface area (Å²) >= 11 is 0. The van der Waals surface area contributed by atoms with Crippen LogP contribution in [0.5, 0.6) is 0 Å². The van der Waals surface area contributed by atoms with Gasteiger partial charge in [0.15, 0.2) is 0 Å². The van der Waals surface area contributed by atoms with Crippen LogP contribution in [0.1, 0.15) is 31.8 Å². The quantitative estimate of drug-likeness (QED) is 0.794. The van der Waals surface area contributed by atoms with Crippen LogP contribution >= 0.6 is 0 Å². The molecule has 2 aromatic rings. The molecule has 0 aliphatic carbocycles. The highest BCUT2D eigenvalue weighted by Gasteiger charge is 2.12. The number of hydrogen-bond acceptors (Lipinski definition) is 5. The van der Waals surface area contributed by atoms with Crippen LogP contribution in [0.4, 0.5) is 0 Å². The van der Waals surface area contributed by atoms with Gasteiger partial charge < -0.3 is 9.47 Å². The van der Waals surface area contributed by atoms with E-state index in [9.17, 15) is 9.59 Å². The molecular formula is C18H15NO4. The molecule has 0 unspecified atom stereocenters. The molecule has 0 saturated heterocycles. The lowest BCUT2D eigenvalue weighted by molar-refractivity contribution is 0.0470. The third-order valence-electron chi connectivity index (χ3n) is 3.25. The molecule has 5 nitrogen and oxygen atoms in total. The normalized spacial score (nSPS) is 9.74. The first-order valence-electron chi connectivity index (χ1n) is 6.95. The van der Waals surface area contributed by atoms with Crippen LogP contribution in [0.25, 0.3) is 0 Å². The highest BCUT2D eigenvalue weighted by Crippen LogP contribution is 2.13. The van der Waals surface area contributed by atoms with Gasteiger partial charge in [-0.2, -0.15) is 5.26 Å². The molecule has 5 heteroatoms. The van der Waals surface area contributed by atoms with Crippen molar-refractivity contribution in [3.05, 3.63) is 70.8 Å². The van der Waals surface area contributed by atoms with Crippen molar-refractivity contribution in [2.24, 2.45) is 0 Å². The molecule has 0 fully saturated rings. The van der Waals surface area contributed by atoms with Crippen LogP contribution in [-0.2, 0) is 22.5 Å². The van der Waals surface area contributed by atoms with Gasteiger partial charge in [-0.25, -0.2) is 9.59 Å². The molecule has 0 N–H and O–H groups in total. The van der Waals surface area contributed by atoms with Gasteiger partial charge in [-0.1, -0.05) is 30.3 Å². The van der Waals surface area contributed by atoms with Crippen LogP contribution in [0.2, 0.25) is 0 Å². The van der Waals surface area contributed by atoms with E-state index in [1.165, 1.54) is 7.11 Å². The van der Waals surface area contributed by atoms with Gasteiger partial charge in [-0.05, 0) is 29.3 Å². The Morgan fingerprint density at radius 3 is 2.39 bits per heavy atom. The predicted molar refractivity (Wildman–Crippen MR) is 82.7 cm³/mol. The Hall–Kier alpha value is -3.13. The molecule has 0 spiro atoms. The molecule has 0 radical (unpaired) electrons. The molecule has 0 heterocycles. The summed E-state index contributed by atoms with van der Waals surface area (Å²) in [6.45, 7) is 0.0845. The summed E-state index contributed by atoms with van der Waals surface area (Å²) in [5.74, 6) is -0.896. The molecule has 0 aromatic heterocycles. The first-order valence-corrected chi connectivity index (χ1v) is 6.95. The molecule has 0 aliphatic rings. The average molecular weight is 309 g/mol. The second kappa shape index (κ2) is 7.76. The van der Waals surface area contributed by atoms with Gasteiger partial charge >= 0.3 is 11.9 Å². The second-order valence-electron chi connectivity index (χ2n) is 4.76. The van der Waals surface area contributed by atoms with Crippen molar-refractivity contribution in [2.75, 3.05) is 7.11 Å². The lowest BCUT2D eigenvalue weighted by Crippen LogP contribution is -2.08. The van der Waals surface area contributed by atoms with Crippen molar-refractivity contribution >= 4 is 11.9 Å². The van der Waals surface area contributed by atoms with Crippen LogP contribution in [0.3, 0.4) is 0 Å². The Bertz CT molecular complexity index is 744. The van der Waals surface area contributed by atoms with Crippen LogP contribution in [-0.4, -0.2) is 19.0 Å². The summed E-state index contributed by atoms with van der Waals surface area (Å²) in [6.07, 6.45) is 0.152. The van der Waals surface area contributed by atoms with E-state index in [1.54, 1.807) is 48.5 Å². The van der Waals surface area contributed by atoms with E-state index in [1.807, 2.05) is 6.07 Å². The molecule has 116 valence electrons. The summed E-state index contributed by atoms with van der Waals surface area (Å²) in [5.41, 5.74) is 2.21. The Morgan fingerprint density at radius 1 is 1.04 bits per heavy atom. The Balaban J connectivity index is 2.02. The van der Waals surface area contributed by atoms with Crippen LogP contribution in [0, 0.1) is 11.3 Å². The Morgan fingerprint density at radius 2 is 1.74 bits per heavy atom. The predicted octanol–water partition coefficient (Wildman–Crippen LogP) is 2.90. The highest BCUT2D eigenvalue weighted by atomic mass is 16.5. The van der Waals surface area contributed by atoms with E-state index in [0.717, 1.165) is 5.56 Å². The van der Waals surface area contributed by atoms with E-state index < -0.39 is 11.9 Å². The fraction of sp³-hybridized carbons (Fsp3) is 0.167. The highest BCUT2D eigenvalue weighted by molar-refractivity contribution is 5.91. The van der Waals surface area contributed by atoms with Crippen LogP contribution < -0.4 is 0 Å². The van der Waals surface area contributed by atoms with E-state index in [4.69, 9.17) is 10.00 Å². The minimum atomic E-state index is -0.479. The van der Waals surface area contributed by atoms with E-state index in [0.29, 0.717) is 16.7 Å². The fourth-order valence-electron chi connectivity index (χ4n) is 2.04. The van der Waals surface area contributed by atoms with Gasteiger partial charge in [-0.15, -0.1) is 0 Å². The van der Waals surface area contributed by atoms with Gasteiger partial charge in [0.05, 0.1) is 30.7 Å². The lowest BCUT2D eigenvalue weighted by atomic mass is 10.1. The first kappa shape index (κ1) is 16.2. The number of methoxy groups -OCH3 is 1. The number of rotatable bonds is 5. The molecule has 0 aliphatic heterocycles. The van der Waals surface area contributed by atoms with Crippen molar-refractivity contribution < 1.29 is 19.1 Å². The van der Waals surface area contributed by atoms with Gasteiger partial charge in [0.1, 0.15) is 6.61 Å². The van der Waals surface area contributed by atoms with Crippen molar-refractivity contribution in [1.29, 1.82) is 5.26 Å². The zero-order valence-corrected chi connectivity index (χ0v) is 12.6. The van der Waals surface area contributed by atoms with Crippen molar-refractivity contribution in [2.45, 2.75) is 13.0 Å². The third-order valence-corrected chi connectivity index (χ3v) is 3.25. The number of nitrogens with zero attached hydrogens (tertiary/aromatic N) is 1. The monoisotopic (exact) mass is 309 g/mol. The van der Waals surface area contributed by atoms with Crippen molar-refractivity contribution in [3.8, 4) is 6.07 Å². The second-order valence-corrected chi connectivity index (χ2v) is 4.76. The van der Waals surface area contributed by atoms with Gasteiger partial charge in [-0.3, -0.25) is 0 Å². The minimum Gasteiger partial charge on any atom is -0.465 e. The molecule has 2 aromatic carbocycles. The summed E-state index contributed by atoms with van der Waals surface area (Å²) < 4.78 is 9.88. The summed E-state index contributed by atoms with van der Waals surface area (Å²) in [6, 6.07) is 15.5. The zero-order valence-electron chi connectivity index (χ0n) is 12.6. The van der Waals surface area contributed by atoms with Gasteiger partial charge in [0.25, 0.3) is 0 Å². The summed E-state index contributed by atoms with van der Waals surface area (Å²) in [5, 5.41) is 8.79. The molecule has 0 amide bonds. The van der Waals surface area contributed by atoms with E-state index >= 15 is 0 Å². The van der Waals surface area contributed by atoms with Crippen LogP contribution in [0.15, 0.2) is 48.5 Å². The van der Waals surface area contributed by atoms with Gasteiger partial charge in [0.2, 0.25) is 0 Å². The van der Waals surface area contributed by atoms with Crippen molar-refractivity contribution in [3.63, 3.8) is 0 Å². The maximum Gasteiger partial charge on any atom is 0.338 e. The van der Waals surface area contributed by atoms with E-state index in [-0.39, 0.29) is 13.0 Å². The molecule has 2 rings (SSSR count). The number of hydrogen-bond donors (Lipinski definition) is 0. The molecule has 0 saturated carbocycles. The lowest BCUT2D eigenvalue weighted by Gasteiger charge is -2.08. The van der Waals surface area contributed by atoms with E-state index in [2.05, 4.69) is 4.74 Å². The molecule has 0 bridgehead atoms. The maximum atomic E-state index is 12.1. The number of benzene rings is 2. The Labute approximate surface area is 134 Å². The maximum absolute atomic E-state index is 12.1. The number of carbonyl (C=O) groups excluding carboxylic acids is 2. The van der Waals surface area contributed by atoms with Crippen molar-refractivity contribution in [1.82, 2.24) is 0 Å². The van der Waals surface area contributed by atoms with Gasteiger partial charge in [0, 0.05) is 0 Å². The minimum absolute atomic E-state index is 0.0845. The smallest absolute Gasteiger partial charge is 0.338 e. The topological polar surface area (TPSA) is 76.4 Å².